The molecule has 4 heteroatoms. The topological polar surface area (TPSA) is 52.3 Å². The van der Waals surface area contributed by atoms with Gasteiger partial charge in [-0.25, -0.2) is 0 Å². The minimum absolute atomic E-state index is 0. The van der Waals surface area contributed by atoms with Crippen LogP contribution in [0.4, 0.5) is 0 Å². The molecule has 0 radical (unpaired) electrons. The molecule has 0 aromatic heterocycles. The second-order valence-corrected chi connectivity index (χ2v) is 5.49. The molecule has 0 saturated heterocycles. The van der Waals surface area contributed by atoms with Gasteiger partial charge in [0.2, 0.25) is 0 Å². The Hall–Kier alpha value is -2.10. The van der Waals surface area contributed by atoms with Crippen molar-refractivity contribution in [1.82, 2.24) is 0 Å². The summed E-state index contributed by atoms with van der Waals surface area (Å²) in [6.07, 6.45) is 3.04. The Balaban J connectivity index is 0.00000192. The lowest BCUT2D eigenvalue weighted by Gasteiger charge is -2.25. The number of hydrogen-bond acceptors (Lipinski definition) is 3. The van der Waals surface area contributed by atoms with Gasteiger partial charge in [-0.2, -0.15) is 0 Å². The maximum atomic E-state index is 11.3. The van der Waals surface area contributed by atoms with Crippen LogP contribution in [0.25, 0.3) is 5.57 Å². The maximum Gasteiger partial charge on any atom is 0.308 e. The summed E-state index contributed by atoms with van der Waals surface area (Å²) in [6.45, 7) is 1.90. The SMILES string of the molecule is CC(=O)Oc1cccc2c1CC(c1ccccc1)C=C2CN.Cl. The van der Waals surface area contributed by atoms with E-state index in [4.69, 9.17) is 10.5 Å². The first kappa shape index (κ1) is 17.3. The van der Waals surface area contributed by atoms with Crippen molar-refractivity contribution < 1.29 is 9.53 Å². The quantitative estimate of drug-likeness (QED) is 0.689. The highest BCUT2D eigenvalue weighted by atomic mass is 35.5. The van der Waals surface area contributed by atoms with Crippen LogP contribution in [-0.4, -0.2) is 12.5 Å². The van der Waals surface area contributed by atoms with Crippen molar-refractivity contribution in [3.63, 3.8) is 0 Å². The molecular formula is C19H20ClNO2. The van der Waals surface area contributed by atoms with Crippen LogP contribution in [0, 0.1) is 0 Å². The Morgan fingerprint density at radius 3 is 2.57 bits per heavy atom. The number of ether oxygens (including phenoxy) is 1. The number of benzene rings is 2. The Bertz CT molecular complexity index is 725. The van der Waals surface area contributed by atoms with Crippen molar-refractivity contribution in [3.8, 4) is 5.75 Å². The molecule has 2 aromatic carbocycles. The lowest BCUT2D eigenvalue weighted by Crippen LogP contribution is -2.16. The van der Waals surface area contributed by atoms with Crippen molar-refractivity contribution in [2.75, 3.05) is 6.54 Å². The van der Waals surface area contributed by atoms with Gasteiger partial charge in [0.25, 0.3) is 0 Å². The fourth-order valence-electron chi connectivity index (χ4n) is 3.03. The molecular weight excluding hydrogens is 310 g/mol. The lowest BCUT2D eigenvalue weighted by molar-refractivity contribution is -0.131. The number of rotatable bonds is 3. The van der Waals surface area contributed by atoms with Crippen LogP contribution in [-0.2, 0) is 11.2 Å². The number of fused-ring (bicyclic) bond motifs is 1. The molecule has 0 amide bonds. The fourth-order valence-corrected chi connectivity index (χ4v) is 3.03. The molecule has 0 heterocycles. The molecule has 0 spiro atoms. The average Bonchev–Trinajstić information content (AvgIpc) is 2.54. The Labute approximate surface area is 142 Å². The molecule has 3 rings (SSSR count). The third-order valence-corrected chi connectivity index (χ3v) is 4.01. The number of nitrogens with two attached hydrogens (primary N) is 1. The second-order valence-electron chi connectivity index (χ2n) is 5.49. The minimum atomic E-state index is -0.298. The van der Waals surface area contributed by atoms with E-state index in [0.717, 1.165) is 23.1 Å². The summed E-state index contributed by atoms with van der Waals surface area (Å²) in [5, 5.41) is 0. The van der Waals surface area contributed by atoms with Gasteiger partial charge in [0.1, 0.15) is 5.75 Å². The van der Waals surface area contributed by atoms with Crippen LogP contribution in [0.1, 0.15) is 29.5 Å². The molecule has 120 valence electrons. The summed E-state index contributed by atoms with van der Waals surface area (Å²) < 4.78 is 5.38. The number of hydrogen-bond donors (Lipinski definition) is 1. The number of carbonyl (C=O) groups is 1. The highest BCUT2D eigenvalue weighted by molar-refractivity contribution is 5.85. The average molecular weight is 330 g/mol. The first-order valence-corrected chi connectivity index (χ1v) is 7.45. The number of carbonyl (C=O) groups excluding carboxylic acids is 1. The zero-order chi connectivity index (χ0) is 15.5. The van der Waals surface area contributed by atoms with Crippen LogP contribution in [0.15, 0.2) is 54.6 Å². The van der Waals surface area contributed by atoms with Gasteiger partial charge in [0, 0.05) is 24.9 Å². The van der Waals surface area contributed by atoms with E-state index in [2.05, 4.69) is 18.2 Å². The zero-order valence-corrected chi connectivity index (χ0v) is 13.8. The summed E-state index contributed by atoms with van der Waals surface area (Å²) in [4.78, 5) is 11.3. The van der Waals surface area contributed by atoms with Crippen molar-refractivity contribution in [1.29, 1.82) is 0 Å². The fraction of sp³-hybridized carbons (Fsp3) is 0.211. The molecule has 2 aromatic rings. The van der Waals surface area contributed by atoms with E-state index in [1.54, 1.807) is 0 Å². The summed E-state index contributed by atoms with van der Waals surface area (Å²) in [5.41, 5.74) is 10.4. The Morgan fingerprint density at radius 1 is 1.17 bits per heavy atom. The largest absolute Gasteiger partial charge is 0.426 e. The number of esters is 1. The van der Waals surface area contributed by atoms with Gasteiger partial charge in [-0.05, 0) is 29.2 Å². The normalized spacial score (nSPS) is 15.9. The van der Waals surface area contributed by atoms with E-state index >= 15 is 0 Å². The molecule has 3 nitrogen and oxygen atoms in total. The molecule has 0 saturated carbocycles. The number of allylic oxidation sites excluding steroid dienone is 1. The van der Waals surface area contributed by atoms with Gasteiger partial charge in [0.05, 0.1) is 0 Å². The Kier molecular flexibility index (Phi) is 5.59. The van der Waals surface area contributed by atoms with Crippen LogP contribution < -0.4 is 10.5 Å². The monoisotopic (exact) mass is 329 g/mol. The first-order chi connectivity index (χ1) is 10.7. The van der Waals surface area contributed by atoms with E-state index in [9.17, 15) is 4.79 Å². The minimum Gasteiger partial charge on any atom is -0.426 e. The third-order valence-electron chi connectivity index (χ3n) is 4.01. The van der Waals surface area contributed by atoms with Gasteiger partial charge in [0.15, 0.2) is 0 Å². The van der Waals surface area contributed by atoms with Gasteiger partial charge in [-0.1, -0.05) is 48.5 Å². The van der Waals surface area contributed by atoms with Gasteiger partial charge in [-0.3, -0.25) is 4.79 Å². The Morgan fingerprint density at radius 2 is 1.91 bits per heavy atom. The molecule has 1 aliphatic rings. The standard InChI is InChI=1S/C19H19NO2.ClH/c1-13(21)22-19-9-5-8-17-16(12-20)10-15(11-18(17)19)14-6-3-2-4-7-14;/h2-10,15H,11-12,20H2,1H3;1H. The van der Waals surface area contributed by atoms with E-state index in [1.165, 1.54) is 12.5 Å². The van der Waals surface area contributed by atoms with Crippen LogP contribution >= 0.6 is 12.4 Å². The maximum absolute atomic E-state index is 11.3. The van der Waals surface area contributed by atoms with Crippen molar-refractivity contribution in [2.45, 2.75) is 19.3 Å². The summed E-state index contributed by atoms with van der Waals surface area (Å²) in [5.74, 6) is 0.599. The van der Waals surface area contributed by atoms with Crippen molar-refractivity contribution in [2.24, 2.45) is 5.73 Å². The summed E-state index contributed by atoms with van der Waals surface area (Å²) in [7, 11) is 0. The summed E-state index contributed by atoms with van der Waals surface area (Å²) >= 11 is 0. The van der Waals surface area contributed by atoms with Gasteiger partial charge >= 0.3 is 5.97 Å². The molecule has 1 atom stereocenters. The highest BCUT2D eigenvalue weighted by Crippen LogP contribution is 2.38. The molecule has 2 N–H and O–H groups in total. The lowest BCUT2D eigenvalue weighted by atomic mass is 9.81. The predicted octanol–water partition coefficient (Wildman–Crippen LogP) is 3.72. The molecule has 1 unspecified atom stereocenters. The second kappa shape index (κ2) is 7.44. The van der Waals surface area contributed by atoms with Gasteiger partial charge < -0.3 is 10.5 Å². The van der Waals surface area contributed by atoms with E-state index in [-0.39, 0.29) is 24.3 Å². The predicted molar refractivity (Wildman–Crippen MR) is 94.9 cm³/mol. The van der Waals surface area contributed by atoms with E-state index in [1.807, 2.05) is 36.4 Å². The molecule has 23 heavy (non-hydrogen) atoms. The molecule has 1 aliphatic carbocycles. The van der Waals surface area contributed by atoms with Crippen LogP contribution in [0.3, 0.4) is 0 Å². The van der Waals surface area contributed by atoms with Crippen molar-refractivity contribution >= 4 is 23.9 Å². The first-order valence-electron chi connectivity index (χ1n) is 7.45. The zero-order valence-electron chi connectivity index (χ0n) is 13.0. The van der Waals surface area contributed by atoms with E-state index in [0.29, 0.717) is 12.3 Å². The van der Waals surface area contributed by atoms with E-state index < -0.39 is 0 Å². The van der Waals surface area contributed by atoms with Crippen LogP contribution in [0.2, 0.25) is 0 Å². The van der Waals surface area contributed by atoms with Crippen molar-refractivity contribution in [3.05, 3.63) is 71.3 Å². The van der Waals surface area contributed by atoms with Gasteiger partial charge in [-0.15, -0.1) is 12.4 Å². The summed E-state index contributed by atoms with van der Waals surface area (Å²) in [6, 6.07) is 16.1. The van der Waals surface area contributed by atoms with Crippen LogP contribution in [0.5, 0.6) is 5.75 Å². The third kappa shape index (κ3) is 3.63. The smallest absolute Gasteiger partial charge is 0.308 e. The highest BCUT2D eigenvalue weighted by Gasteiger charge is 2.23. The number of halogens is 1. The molecule has 0 bridgehead atoms. The molecule has 0 aliphatic heterocycles. The molecule has 0 fully saturated rings.